The summed E-state index contributed by atoms with van der Waals surface area (Å²) in [7, 11) is -0.484. The van der Waals surface area contributed by atoms with E-state index in [4.69, 9.17) is 4.74 Å². The van der Waals surface area contributed by atoms with Gasteiger partial charge in [0.2, 0.25) is 15.9 Å². The lowest BCUT2D eigenvalue weighted by atomic mass is 10.3. The average Bonchev–Trinajstić information content (AvgIpc) is 2.40. The molecule has 0 aromatic carbocycles. The highest BCUT2D eigenvalue weighted by molar-refractivity contribution is 7.89. The maximum absolute atomic E-state index is 12.1. The third kappa shape index (κ3) is 6.32. The zero-order valence-corrected chi connectivity index (χ0v) is 15.8. The van der Waals surface area contributed by atoms with E-state index in [9.17, 15) is 13.2 Å². The van der Waals surface area contributed by atoms with Crippen molar-refractivity contribution in [3.05, 3.63) is 17.8 Å². The minimum absolute atomic E-state index is 0.0898. The Balaban J connectivity index is 2.76. The number of aromatic nitrogens is 1. The van der Waals surface area contributed by atoms with E-state index in [2.05, 4.69) is 15.6 Å². The van der Waals surface area contributed by atoms with Crippen molar-refractivity contribution in [2.75, 3.05) is 25.2 Å². The van der Waals surface area contributed by atoms with Gasteiger partial charge in [-0.15, -0.1) is 0 Å². The molecule has 0 saturated heterocycles. The van der Waals surface area contributed by atoms with Crippen LogP contribution in [-0.4, -0.2) is 55.7 Å². The number of hydrogen-bond acceptors (Lipinski definition) is 5. The van der Waals surface area contributed by atoms with Gasteiger partial charge in [-0.05, 0) is 39.3 Å². The second-order valence-corrected chi connectivity index (χ2v) is 8.32. The molecule has 2 amide bonds. The first-order chi connectivity index (χ1) is 11.0. The van der Waals surface area contributed by atoms with Gasteiger partial charge < -0.3 is 15.4 Å². The van der Waals surface area contributed by atoms with Gasteiger partial charge in [0, 0.05) is 26.3 Å². The highest BCUT2D eigenvalue weighted by atomic mass is 32.2. The Morgan fingerprint density at radius 1 is 1.33 bits per heavy atom. The van der Waals surface area contributed by atoms with E-state index in [1.807, 2.05) is 20.8 Å². The summed E-state index contributed by atoms with van der Waals surface area (Å²) in [6.07, 6.45) is 1.56. The van der Waals surface area contributed by atoms with Gasteiger partial charge in [-0.2, -0.15) is 0 Å². The molecule has 0 saturated carbocycles. The number of amides is 2. The van der Waals surface area contributed by atoms with Crippen LogP contribution in [0.1, 0.15) is 26.3 Å². The number of aryl methyl sites for hydroxylation is 1. The smallest absolute Gasteiger partial charge is 0.319 e. The van der Waals surface area contributed by atoms with Crippen molar-refractivity contribution >= 4 is 21.7 Å². The summed E-state index contributed by atoms with van der Waals surface area (Å²) in [5.74, 6) is 0.133. The Morgan fingerprint density at radius 3 is 2.50 bits per heavy atom. The molecule has 1 aromatic heterocycles. The normalized spacial score (nSPS) is 13.0. The molecule has 0 aliphatic carbocycles. The maximum Gasteiger partial charge on any atom is 0.319 e. The number of pyridine rings is 1. The topological polar surface area (TPSA) is 101 Å². The van der Waals surface area contributed by atoms with Crippen molar-refractivity contribution in [3.8, 4) is 5.88 Å². The number of hydrogen-bond donors (Lipinski definition) is 2. The lowest BCUT2D eigenvalue weighted by Crippen LogP contribution is -2.42. The summed E-state index contributed by atoms with van der Waals surface area (Å²) in [6.45, 7) is 7.20. The molecule has 0 aliphatic rings. The molecule has 0 bridgehead atoms. The lowest BCUT2D eigenvalue weighted by molar-refractivity contribution is 0.232. The average molecular weight is 358 g/mol. The number of carbonyl (C=O) groups is 1. The van der Waals surface area contributed by atoms with Gasteiger partial charge >= 0.3 is 6.03 Å². The molecule has 1 atom stereocenters. The van der Waals surface area contributed by atoms with E-state index in [1.165, 1.54) is 14.1 Å². The molecule has 1 aromatic rings. The van der Waals surface area contributed by atoms with Crippen molar-refractivity contribution in [3.63, 3.8) is 0 Å². The molecule has 0 aliphatic heterocycles. The summed E-state index contributed by atoms with van der Waals surface area (Å²) in [4.78, 5) is 16.3. The van der Waals surface area contributed by atoms with Crippen LogP contribution in [0.15, 0.2) is 12.3 Å². The third-order valence-electron chi connectivity index (χ3n) is 2.98. The zero-order valence-electron chi connectivity index (χ0n) is 15.0. The van der Waals surface area contributed by atoms with Crippen LogP contribution in [0.3, 0.4) is 0 Å². The summed E-state index contributed by atoms with van der Waals surface area (Å²) >= 11 is 0. The van der Waals surface area contributed by atoms with E-state index in [-0.39, 0.29) is 11.9 Å². The molecular weight excluding hydrogens is 332 g/mol. The number of nitrogens with zero attached hydrogens (tertiary/aromatic N) is 2. The second-order valence-electron chi connectivity index (χ2n) is 6.09. The number of sulfonamides is 1. The monoisotopic (exact) mass is 358 g/mol. The Hall–Kier alpha value is -1.87. The number of rotatable bonds is 7. The lowest BCUT2D eigenvalue weighted by Gasteiger charge is -2.19. The highest BCUT2D eigenvalue weighted by Gasteiger charge is 2.20. The van der Waals surface area contributed by atoms with E-state index in [0.29, 0.717) is 11.6 Å². The van der Waals surface area contributed by atoms with E-state index >= 15 is 0 Å². The van der Waals surface area contributed by atoms with E-state index < -0.39 is 22.1 Å². The Labute approximate surface area is 143 Å². The standard InChI is InChI=1S/C15H26N4O4S/c1-10(2)23-14-13(7-11(3)8-16-14)18-15(20)17-12(4)9-24(21,22)19(5)6/h7-8,10,12H,9H2,1-6H3,(H2,17,18,20). The SMILES string of the molecule is Cc1cnc(OC(C)C)c(NC(=O)NC(C)CS(=O)(=O)N(C)C)c1. The fourth-order valence-corrected chi connectivity index (χ4v) is 2.87. The first-order valence-electron chi connectivity index (χ1n) is 7.62. The van der Waals surface area contributed by atoms with Crippen molar-refractivity contribution < 1.29 is 17.9 Å². The largest absolute Gasteiger partial charge is 0.473 e. The molecular formula is C15H26N4O4S. The summed E-state index contributed by atoms with van der Waals surface area (Å²) in [6, 6.07) is 0.674. The number of urea groups is 1. The van der Waals surface area contributed by atoms with Crippen LogP contribution in [-0.2, 0) is 10.0 Å². The van der Waals surface area contributed by atoms with Crippen LogP contribution < -0.4 is 15.4 Å². The van der Waals surface area contributed by atoms with Gasteiger partial charge in [-0.25, -0.2) is 22.5 Å². The third-order valence-corrected chi connectivity index (χ3v) is 5.01. The number of nitrogens with one attached hydrogen (secondary N) is 2. The van der Waals surface area contributed by atoms with Crippen molar-refractivity contribution in [1.82, 2.24) is 14.6 Å². The van der Waals surface area contributed by atoms with Gasteiger partial charge in [-0.1, -0.05) is 0 Å². The van der Waals surface area contributed by atoms with Crippen LogP contribution in [0.25, 0.3) is 0 Å². The summed E-state index contributed by atoms with van der Waals surface area (Å²) in [5, 5.41) is 5.26. The molecule has 1 unspecified atom stereocenters. The minimum atomic E-state index is -3.39. The predicted octanol–water partition coefficient (Wildman–Crippen LogP) is 1.58. The van der Waals surface area contributed by atoms with Gasteiger partial charge in [0.15, 0.2) is 0 Å². The molecule has 24 heavy (non-hydrogen) atoms. The molecule has 9 heteroatoms. The molecule has 0 fully saturated rings. The number of ether oxygens (including phenoxy) is 1. The molecule has 0 radical (unpaired) electrons. The van der Waals surface area contributed by atoms with Crippen molar-refractivity contribution in [2.45, 2.75) is 39.8 Å². The van der Waals surface area contributed by atoms with Gasteiger partial charge in [0.1, 0.15) is 5.69 Å². The van der Waals surface area contributed by atoms with Crippen LogP contribution in [0.4, 0.5) is 10.5 Å². The highest BCUT2D eigenvalue weighted by Crippen LogP contribution is 2.23. The summed E-state index contributed by atoms with van der Waals surface area (Å²) in [5.41, 5.74) is 1.30. The molecule has 1 heterocycles. The van der Waals surface area contributed by atoms with Crippen LogP contribution >= 0.6 is 0 Å². The Morgan fingerprint density at radius 2 is 1.96 bits per heavy atom. The van der Waals surface area contributed by atoms with E-state index in [0.717, 1.165) is 9.87 Å². The van der Waals surface area contributed by atoms with Gasteiger partial charge in [0.05, 0.1) is 11.9 Å². The van der Waals surface area contributed by atoms with Crippen molar-refractivity contribution in [2.24, 2.45) is 0 Å². The summed E-state index contributed by atoms with van der Waals surface area (Å²) < 4.78 is 30.3. The minimum Gasteiger partial charge on any atom is -0.473 e. The maximum atomic E-state index is 12.1. The first kappa shape index (κ1) is 20.2. The van der Waals surface area contributed by atoms with Crippen LogP contribution in [0.2, 0.25) is 0 Å². The van der Waals surface area contributed by atoms with Crippen LogP contribution in [0, 0.1) is 6.92 Å². The fraction of sp³-hybridized carbons (Fsp3) is 0.600. The number of anilines is 1. The zero-order chi connectivity index (χ0) is 18.5. The molecule has 0 spiro atoms. The Kier molecular flexibility index (Phi) is 6.97. The molecule has 8 nitrogen and oxygen atoms in total. The Bertz CT molecular complexity index is 674. The van der Waals surface area contributed by atoms with Gasteiger partial charge in [0.25, 0.3) is 0 Å². The number of carbonyl (C=O) groups excluding carboxylic acids is 1. The predicted molar refractivity (Wildman–Crippen MR) is 93.8 cm³/mol. The van der Waals surface area contributed by atoms with Crippen molar-refractivity contribution in [1.29, 1.82) is 0 Å². The first-order valence-corrected chi connectivity index (χ1v) is 9.23. The molecule has 1 rings (SSSR count). The second kappa shape index (κ2) is 8.29. The van der Waals surface area contributed by atoms with Gasteiger partial charge in [-0.3, -0.25) is 0 Å². The van der Waals surface area contributed by atoms with E-state index in [1.54, 1.807) is 19.2 Å². The fourth-order valence-electron chi connectivity index (χ4n) is 1.85. The van der Waals surface area contributed by atoms with Crippen LogP contribution in [0.5, 0.6) is 5.88 Å². The molecule has 2 N–H and O–H groups in total. The molecule has 136 valence electrons. The quantitative estimate of drug-likeness (QED) is 0.771.